The molecule has 3 aromatic rings. The third-order valence-electron chi connectivity index (χ3n) is 3.70. The van der Waals surface area contributed by atoms with Gasteiger partial charge in [-0.1, -0.05) is 0 Å². The third-order valence-corrected chi connectivity index (χ3v) is 3.70. The maximum atomic E-state index is 12.2. The van der Waals surface area contributed by atoms with Crippen LogP contribution in [0.15, 0.2) is 46.1 Å². The molecule has 0 bridgehead atoms. The van der Waals surface area contributed by atoms with Crippen LogP contribution in [0.1, 0.15) is 16.1 Å². The molecule has 0 atom stereocenters. The molecule has 9 heteroatoms. The first kappa shape index (κ1) is 18.1. The molecule has 0 aliphatic rings. The van der Waals surface area contributed by atoms with Crippen molar-refractivity contribution in [2.24, 2.45) is 5.10 Å². The Balaban J connectivity index is 1.73. The van der Waals surface area contributed by atoms with Crippen LogP contribution in [0.5, 0.6) is 17.2 Å². The van der Waals surface area contributed by atoms with Gasteiger partial charge in [0.05, 0.1) is 33.8 Å². The van der Waals surface area contributed by atoms with Gasteiger partial charge in [-0.15, -0.1) is 0 Å². The normalized spacial score (nSPS) is 10.8. The summed E-state index contributed by atoms with van der Waals surface area (Å²) >= 11 is 0. The highest BCUT2D eigenvalue weighted by atomic mass is 16.5. The molecule has 2 aromatic heterocycles. The predicted molar refractivity (Wildman–Crippen MR) is 97.4 cm³/mol. The number of aromatic amines is 1. The van der Waals surface area contributed by atoms with Gasteiger partial charge in [0.2, 0.25) is 5.75 Å². The molecular weight excluding hydrogens is 352 g/mol. The van der Waals surface area contributed by atoms with Gasteiger partial charge in [0.15, 0.2) is 23.0 Å². The smallest absolute Gasteiger partial charge is 0.291 e. The Morgan fingerprint density at radius 1 is 1.19 bits per heavy atom. The molecule has 1 amide bonds. The van der Waals surface area contributed by atoms with Crippen molar-refractivity contribution >= 4 is 12.1 Å². The number of H-pyrrole nitrogens is 1. The van der Waals surface area contributed by atoms with E-state index in [1.165, 1.54) is 33.8 Å². The second-order valence-electron chi connectivity index (χ2n) is 5.27. The van der Waals surface area contributed by atoms with Crippen molar-refractivity contribution in [3.05, 3.63) is 47.9 Å². The molecular formula is C18H18N4O5. The van der Waals surface area contributed by atoms with E-state index in [1.54, 1.807) is 30.3 Å². The lowest BCUT2D eigenvalue weighted by molar-refractivity contribution is 0.0950. The van der Waals surface area contributed by atoms with Crippen LogP contribution in [-0.4, -0.2) is 43.6 Å². The summed E-state index contributed by atoms with van der Waals surface area (Å²) in [5.74, 6) is 1.51. The zero-order valence-electron chi connectivity index (χ0n) is 15.0. The Morgan fingerprint density at radius 2 is 2.00 bits per heavy atom. The minimum absolute atomic E-state index is 0.179. The molecule has 0 aliphatic carbocycles. The summed E-state index contributed by atoms with van der Waals surface area (Å²) in [6, 6.07) is 8.53. The zero-order chi connectivity index (χ0) is 19.2. The highest BCUT2D eigenvalue weighted by Crippen LogP contribution is 2.38. The molecule has 0 radical (unpaired) electrons. The lowest BCUT2D eigenvalue weighted by Crippen LogP contribution is -2.18. The summed E-state index contributed by atoms with van der Waals surface area (Å²) in [5.41, 5.74) is 3.79. The number of rotatable bonds is 7. The number of benzene rings is 1. The Morgan fingerprint density at radius 3 is 2.67 bits per heavy atom. The third kappa shape index (κ3) is 3.76. The van der Waals surface area contributed by atoms with Crippen LogP contribution in [0.4, 0.5) is 0 Å². The SMILES string of the molecule is COc1ccc(C=NNC(=O)c2cc(-c3ccco3)[nH]n2)c(OC)c1OC. The van der Waals surface area contributed by atoms with Crippen LogP contribution in [0, 0.1) is 0 Å². The van der Waals surface area contributed by atoms with Crippen molar-refractivity contribution in [1.82, 2.24) is 15.6 Å². The first-order valence-electron chi connectivity index (χ1n) is 7.89. The van der Waals surface area contributed by atoms with Crippen LogP contribution in [0.2, 0.25) is 0 Å². The van der Waals surface area contributed by atoms with Crippen molar-refractivity contribution < 1.29 is 23.4 Å². The molecule has 9 nitrogen and oxygen atoms in total. The highest BCUT2D eigenvalue weighted by Gasteiger charge is 2.15. The summed E-state index contributed by atoms with van der Waals surface area (Å²) in [4.78, 5) is 12.2. The highest BCUT2D eigenvalue weighted by molar-refractivity contribution is 5.94. The van der Waals surface area contributed by atoms with E-state index in [0.717, 1.165) is 0 Å². The molecule has 0 spiro atoms. The number of hydrogen-bond donors (Lipinski definition) is 2. The van der Waals surface area contributed by atoms with Gasteiger partial charge in [-0.2, -0.15) is 10.2 Å². The van der Waals surface area contributed by atoms with Crippen molar-refractivity contribution in [2.45, 2.75) is 0 Å². The van der Waals surface area contributed by atoms with E-state index >= 15 is 0 Å². The fourth-order valence-electron chi connectivity index (χ4n) is 2.44. The minimum Gasteiger partial charge on any atom is -0.493 e. The standard InChI is InChI=1S/C18H18N4O5/c1-24-15-7-6-11(16(25-2)17(15)26-3)10-19-22-18(23)13-9-12(20-21-13)14-5-4-8-27-14/h4-10H,1-3H3,(H,20,21)(H,22,23). The summed E-state index contributed by atoms with van der Waals surface area (Å²) in [5, 5.41) is 10.6. The molecule has 3 rings (SSSR count). The number of furan rings is 1. The molecule has 0 saturated heterocycles. The number of hydrogen-bond acceptors (Lipinski definition) is 7. The largest absolute Gasteiger partial charge is 0.493 e. The van der Waals surface area contributed by atoms with Gasteiger partial charge in [0.25, 0.3) is 5.91 Å². The summed E-state index contributed by atoms with van der Waals surface area (Å²) in [6.45, 7) is 0. The van der Waals surface area contributed by atoms with Gasteiger partial charge in [0.1, 0.15) is 5.69 Å². The number of methoxy groups -OCH3 is 3. The molecule has 1 aromatic carbocycles. The molecule has 140 valence electrons. The van der Waals surface area contributed by atoms with E-state index in [0.29, 0.717) is 34.3 Å². The van der Waals surface area contributed by atoms with Gasteiger partial charge in [0, 0.05) is 11.6 Å². The van der Waals surface area contributed by atoms with E-state index in [1.807, 2.05) is 0 Å². The number of hydrazone groups is 1. The summed E-state index contributed by atoms with van der Waals surface area (Å²) in [6.07, 6.45) is 2.98. The number of nitrogens with zero attached hydrogens (tertiary/aromatic N) is 2. The Labute approximate surface area is 154 Å². The molecule has 2 heterocycles. The second kappa shape index (κ2) is 8.09. The lowest BCUT2D eigenvalue weighted by atomic mass is 10.2. The van der Waals surface area contributed by atoms with E-state index < -0.39 is 5.91 Å². The lowest BCUT2D eigenvalue weighted by Gasteiger charge is -2.13. The van der Waals surface area contributed by atoms with Crippen molar-refractivity contribution in [3.8, 4) is 28.7 Å². The van der Waals surface area contributed by atoms with Crippen LogP contribution in [0.3, 0.4) is 0 Å². The van der Waals surface area contributed by atoms with Crippen molar-refractivity contribution in [2.75, 3.05) is 21.3 Å². The first-order chi connectivity index (χ1) is 13.2. The van der Waals surface area contributed by atoms with Gasteiger partial charge in [-0.05, 0) is 24.3 Å². The molecule has 0 unspecified atom stereocenters. The van der Waals surface area contributed by atoms with E-state index in [4.69, 9.17) is 18.6 Å². The van der Waals surface area contributed by atoms with Crippen molar-refractivity contribution in [1.29, 1.82) is 0 Å². The van der Waals surface area contributed by atoms with Gasteiger partial charge in [-0.25, -0.2) is 5.43 Å². The van der Waals surface area contributed by atoms with Gasteiger partial charge < -0.3 is 18.6 Å². The predicted octanol–water partition coefficient (Wildman–Crippen LogP) is 2.46. The van der Waals surface area contributed by atoms with Crippen molar-refractivity contribution in [3.63, 3.8) is 0 Å². The van der Waals surface area contributed by atoms with Crippen LogP contribution in [-0.2, 0) is 0 Å². The van der Waals surface area contributed by atoms with Gasteiger partial charge >= 0.3 is 0 Å². The van der Waals surface area contributed by atoms with Crippen LogP contribution < -0.4 is 19.6 Å². The molecule has 2 N–H and O–H groups in total. The molecule has 27 heavy (non-hydrogen) atoms. The Hall–Kier alpha value is -3.75. The zero-order valence-corrected chi connectivity index (χ0v) is 15.0. The molecule has 0 fully saturated rings. The fraction of sp³-hybridized carbons (Fsp3) is 0.167. The number of carbonyl (C=O) groups excluding carboxylic acids is 1. The van der Waals surface area contributed by atoms with Crippen LogP contribution >= 0.6 is 0 Å². The first-order valence-corrected chi connectivity index (χ1v) is 7.89. The fourth-order valence-corrected chi connectivity index (χ4v) is 2.44. The number of aromatic nitrogens is 2. The Kier molecular flexibility index (Phi) is 5.41. The monoisotopic (exact) mass is 370 g/mol. The quantitative estimate of drug-likeness (QED) is 0.488. The van der Waals surface area contributed by atoms with E-state index in [-0.39, 0.29) is 5.69 Å². The van der Waals surface area contributed by atoms with E-state index in [2.05, 4.69) is 20.7 Å². The Bertz CT molecular complexity index is 947. The number of ether oxygens (including phenoxy) is 3. The second-order valence-corrected chi connectivity index (χ2v) is 5.27. The minimum atomic E-state index is -0.472. The topological polar surface area (TPSA) is 111 Å². The number of amides is 1. The number of nitrogens with one attached hydrogen (secondary N) is 2. The maximum absolute atomic E-state index is 12.2. The molecule has 0 saturated carbocycles. The maximum Gasteiger partial charge on any atom is 0.291 e. The average Bonchev–Trinajstić information content (AvgIpc) is 3.38. The summed E-state index contributed by atoms with van der Waals surface area (Å²) in [7, 11) is 4.55. The molecule has 0 aliphatic heterocycles. The summed E-state index contributed by atoms with van der Waals surface area (Å²) < 4.78 is 21.1. The van der Waals surface area contributed by atoms with Gasteiger partial charge in [-0.3, -0.25) is 9.89 Å². The average molecular weight is 370 g/mol. The number of carbonyl (C=O) groups is 1. The van der Waals surface area contributed by atoms with Crippen LogP contribution in [0.25, 0.3) is 11.5 Å². The van der Waals surface area contributed by atoms with E-state index in [9.17, 15) is 4.79 Å².